The van der Waals surface area contributed by atoms with Gasteiger partial charge in [0.2, 0.25) is 0 Å². The Balaban J connectivity index is 0.00000225. The predicted octanol–water partition coefficient (Wildman–Crippen LogP) is 2.60. The fourth-order valence-electron chi connectivity index (χ4n) is 2.66. The molecular formula is C18H23IN6. The van der Waals surface area contributed by atoms with Crippen molar-refractivity contribution in [3.05, 3.63) is 66.1 Å². The summed E-state index contributed by atoms with van der Waals surface area (Å²) in [4.78, 5) is 6.46. The first-order chi connectivity index (χ1) is 11.8. The van der Waals surface area contributed by atoms with E-state index in [1.54, 1.807) is 7.05 Å². The summed E-state index contributed by atoms with van der Waals surface area (Å²) in [7, 11) is 3.84. The molecule has 0 atom stereocenters. The molecule has 0 unspecified atom stereocenters. The van der Waals surface area contributed by atoms with Crippen LogP contribution in [0.4, 0.5) is 0 Å². The molecule has 0 aliphatic heterocycles. The minimum absolute atomic E-state index is 0. The van der Waals surface area contributed by atoms with E-state index < -0.39 is 0 Å². The van der Waals surface area contributed by atoms with Crippen LogP contribution in [0.1, 0.15) is 11.4 Å². The number of hydrogen-bond acceptors (Lipinski definition) is 3. The summed E-state index contributed by atoms with van der Waals surface area (Å²) in [5.41, 5.74) is 2.13. The van der Waals surface area contributed by atoms with Crippen molar-refractivity contribution in [3.8, 4) is 0 Å². The number of pyridine rings is 1. The number of halogens is 1. The van der Waals surface area contributed by atoms with Gasteiger partial charge >= 0.3 is 0 Å². The van der Waals surface area contributed by atoms with Crippen molar-refractivity contribution in [2.75, 3.05) is 20.6 Å². The number of nitrogens with zero attached hydrogens (tertiary/aromatic N) is 5. The van der Waals surface area contributed by atoms with Gasteiger partial charge in [-0.05, 0) is 17.7 Å². The van der Waals surface area contributed by atoms with Crippen LogP contribution in [-0.4, -0.2) is 46.1 Å². The van der Waals surface area contributed by atoms with Gasteiger partial charge < -0.3 is 10.2 Å². The zero-order chi connectivity index (χ0) is 16.8. The van der Waals surface area contributed by atoms with Crippen molar-refractivity contribution in [2.45, 2.75) is 13.0 Å². The molecule has 132 valence electrons. The third-order valence-corrected chi connectivity index (χ3v) is 3.85. The van der Waals surface area contributed by atoms with Gasteiger partial charge in [-0.2, -0.15) is 0 Å². The molecule has 2 aromatic heterocycles. The van der Waals surface area contributed by atoms with Gasteiger partial charge in [-0.25, -0.2) is 0 Å². The van der Waals surface area contributed by atoms with Crippen molar-refractivity contribution in [1.29, 1.82) is 0 Å². The van der Waals surface area contributed by atoms with Gasteiger partial charge in [0.05, 0.1) is 0 Å². The van der Waals surface area contributed by atoms with Gasteiger partial charge in [-0.1, -0.05) is 36.4 Å². The lowest BCUT2D eigenvalue weighted by Crippen LogP contribution is -2.39. The van der Waals surface area contributed by atoms with Crippen LogP contribution in [0.2, 0.25) is 0 Å². The topological polar surface area (TPSA) is 57.8 Å². The highest BCUT2D eigenvalue weighted by Crippen LogP contribution is 2.04. The zero-order valence-electron chi connectivity index (χ0n) is 14.5. The van der Waals surface area contributed by atoms with Crippen LogP contribution in [0, 0.1) is 0 Å². The summed E-state index contributed by atoms with van der Waals surface area (Å²) in [6.07, 6.45) is 2.77. The van der Waals surface area contributed by atoms with E-state index in [9.17, 15) is 0 Å². The summed E-state index contributed by atoms with van der Waals surface area (Å²) in [6.45, 7) is 1.57. The number of aromatic nitrogens is 3. The maximum Gasteiger partial charge on any atom is 0.193 e. The molecule has 0 saturated carbocycles. The number of rotatable bonds is 5. The van der Waals surface area contributed by atoms with Crippen molar-refractivity contribution >= 4 is 35.6 Å². The number of fused-ring (bicyclic) bond motifs is 1. The largest absolute Gasteiger partial charge is 0.356 e. The van der Waals surface area contributed by atoms with E-state index in [4.69, 9.17) is 0 Å². The molecule has 0 aliphatic rings. The maximum atomic E-state index is 4.35. The molecule has 3 rings (SSSR count). The summed E-state index contributed by atoms with van der Waals surface area (Å²) in [5.74, 6) is 1.81. The molecule has 25 heavy (non-hydrogen) atoms. The summed E-state index contributed by atoms with van der Waals surface area (Å²) in [6, 6.07) is 16.3. The Hall–Kier alpha value is -2.16. The fourth-order valence-corrected chi connectivity index (χ4v) is 2.66. The SMILES string of the molecule is CN=C(NCCc1nnc2ccccn12)N(C)Cc1ccccc1.I. The summed E-state index contributed by atoms with van der Waals surface area (Å²) < 4.78 is 2.01. The highest BCUT2D eigenvalue weighted by atomic mass is 127. The van der Waals surface area contributed by atoms with E-state index in [0.717, 1.165) is 36.9 Å². The molecular weight excluding hydrogens is 427 g/mol. The minimum atomic E-state index is 0. The quantitative estimate of drug-likeness (QED) is 0.369. The molecule has 0 saturated heterocycles. The Morgan fingerprint density at radius 2 is 1.88 bits per heavy atom. The molecule has 6 nitrogen and oxygen atoms in total. The predicted molar refractivity (Wildman–Crippen MR) is 111 cm³/mol. The molecule has 0 radical (unpaired) electrons. The lowest BCUT2D eigenvalue weighted by molar-refractivity contribution is 0.477. The highest BCUT2D eigenvalue weighted by Gasteiger charge is 2.08. The van der Waals surface area contributed by atoms with Crippen LogP contribution < -0.4 is 5.32 Å². The molecule has 0 spiro atoms. The molecule has 1 aromatic carbocycles. The van der Waals surface area contributed by atoms with Crippen LogP contribution in [0.25, 0.3) is 5.65 Å². The molecule has 3 aromatic rings. The second kappa shape index (κ2) is 9.36. The smallest absolute Gasteiger partial charge is 0.193 e. The Labute approximate surface area is 165 Å². The van der Waals surface area contributed by atoms with Crippen LogP contribution in [0.3, 0.4) is 0 Å². The normalized spacial score (nSPS) is 11.2. The number of aliphatic imine (C=N–C) groups is 1. The molecule has 1 N–H and O–H groups in total. The average Bonchev–Trinajstić information content (AvgIpc) is 3.03. The molecule has 0 fully saturated rings. The van der Waals surface area contributed by atoms with E-state index in [1.807, 2.05) is 41.9 Å². The minimum Gasteiger partial charge on any atom is -0.356 e. The number of guanidine groups is 1. The third-order valence-electron chi connectivity index (χ3n) is 3.85. The van der Waals surface area contributed by atoms with Gasteiger partial charge in [-0.3, -0.25) is 9.39 Å². The maximum absolute atomic E-state index is 4.35. The standard InChI is InChI=1S/C18H22N6.HI/c1-19-18(23(2)14-15-8-4-3-5-9-15)20-12-11-17-22-21-16-10-6-7-13-24(16)17;/h3-10,13H,11-12,14H2,1-2H3,(H,19,20);1H. The van der Waals surface area contributed by atoms with Crippen LogP contribution in [-0.2, 0) is 13.0 Å². The van der Waals surface area contributed by atoms with E-state index >= 15 is 0 Å². The Morgan fingerprint density at radius 3 is 2.64 bits per heavy atom. The van der Waals surface area contributed by atoms with Crippen molar-refractivity contribution in [1.82, 2.24) is 24.8 Å². The van der Waals surface area contributed by atoms with E-state index in [1.165, 1.54) is 5.56 Å². The first-order valence-electron chi connectivity index (χ1n) is 8.02. The summed E-state index contributed by atoms with van der Waals surface area (Å²) in [5, 5.41) is 11.8. The second-order valence-corrected chi connectivity index (χ2v) is 5.61. The second-order valence-electron chi connectivity index (χ2n) is 5.61. The average molecular weight is 450 g/mol. The first kappa shape index (κ1) is 19.2. The van der Waals surface area contributed by atoms with Crippen molar-refractivity contribution in [3.63, 3.8) is 0 Å². The fraction of sp³-hybridized carbons (Fsp3) is 0.278. The Kier molecular flexibility index (Phi) is 7.17. The van der Waals surface area contributed by atoms with E-state index in [-0.39, 0.29) is 24.0 Å². The number of hydrogen-bond donors (Lipinski definition) is 1. The van der Waals surface area contributed by atoms with Crippen LogP contribution in [0.5, 0.6) is 0 Å². The molecule has 2 heterocycles. The highest BCUT2D eigenvalue weighted by molar-refractivity contribution is 14.0. The zero-order valence-corrected chi connectivity index (χ0v) is 16.8. The molecule has 0 bridgehead atoms. The monoisotopic (exact) mass is 450 g/mol. The van der Waals surface area contributed by atoms with E-state index in [2.05, 4.69) is 49.7 Å². The molecule has 7 heteroatoms. The Bertz CT molecular complexity index is 815. The van der Waals surface area contributed by atoms with Gasteiger partial charge in [-0.15, -0.1) is 34.2 Å². The summed E-state index contributed by atoms with van der Waals surface area (Å²) >= 11 is 0. The lowest BCUT2D eigenvalue weighted by Gasteiger charge is -2.22. The molecule has 0 amide bonds. The Morgan fingerprint density at radius 1 is 1.12 bits per heavy atom. The van der Waals surface area contributed by atoms with Gasteiger partial charge in [0.25, 0.3) is 0 Å². The van der Waals surface area contributed by atoms with Crippen molar-refractivity contribution < 1.29 is 0 Å². The number of nitrogens with one attached hydrogen (secondary N) is 1. The lowest BCUT2D eigenvalue weighted by atomic mass is 10.2. The number of benzene rings is 1. The van der Waals surface area contributed by atoms with Crippen LogP contribution in [0.15, 0.2) is 59.7 Å². The van der Waals surface area contributed by atoms with Crippen LogP contribution >= 0.6 is 24.0 Å². The van der Waals surface area contributed by atoms with Gasteiger partial charge in [0.15, 0.2) is 11.6 Å². The molecule has 0 aliphatic carbocycles. The first-order valence-corrected chi connectivity index (χ1v) is 8.02. The van der Waals surface area contributed by atoms with Gasteiger partial charge in [0, 0.05) is 39.8 Å². The third kappa shape index (κ3) is 4.91. The van der Waals surface area contributed by atoms with E-state index in [0.29, 0.717) is 0 Å². The van der Waals surface area contributed by atoms with Crippen molar-refractivity contribution in [2.24, 2.45) is 4.99 Å². The van der Waals surface area contributed by atoms with Gasteiger partial charge in [0.1, 0.15) is 5.82 Å².